The molecule has 108 valence electrons. The lowest BCUT2D eigenvalue weighted by Crippen LogP contribution is -2.04. The van der Waals surface area contributed by atoms with Crippen LogP contribution in [0.4, 0.5) is 14.5 Å². The zero-order valence-electron chi connectivity index (χ0n) is 11.6. The van der Waals surface area contributed by atoms with E-state index >= 15 is 0 Å². The lowest BCUT2D eigenvalue weighted by Gasteiger charge is -2.13. The van der Waals surface area contributed by atoms with Crippen LogP contribution in [0, 0.1) is 11.6 Å². The van der Waals surface area contributed by atoms with E-state index in [1.807, 2.05) is 19.9 Å². The van der Waals surface area contributed by atoms with Crippen LogP contribution in [0.3, 0.4) is 0 Å². The average Bonchev–Trinajstić information content (AvgIpc) is 2.42. The van der Waals surface area contributed by atoms with Gasteiger partial charge in [-0.3, -0.25) is 0 Å². The number of benzene rings is 1. The summed E-state index contributed by atoms with van der Waals surface area (Å²) < 4.78 is 28.0. The minimum Gasteiger partial charge on any atom is -0.384 e. The van der Waals surface area contributed by atoms with E-state index in [-0.39, 0.29) is 9.99 Å². The summed E-state index contributed by atoms with van der Waals surface area (Å²) in [7, 11) is 0. The molecule has 5 heteroatoms. The van der Waals surface area contributed by atoms with Gasteiger partial charge in [-0.2, -0.15) is 0 Å². The molecule has 0 atom stereocenters. The van der Waals surface area contributed by atoms with Crippen LogP contribution in [0.2, 0.25) is 0 Å². The molecule has 0 spiro atoms. The van der Waals surface area contributed by atoms with Gasteiger partial charge < -0.3 is 5.32 Å². The molecule has 0 fully saturated rings. The molecule has 1 aromatic carbocycles. The first kappa shape index (κ1) is 15.2. The second-order valence-electron chi connectivity index (χ2n) is 4.72. The molecule has 1 N–H and O–H groups in total. The summed E-state index contributed by atoms with van der Waals surface area (Å²) in [4.78, 5) is 4.32. The molecule has 0 saturated carbocycles. The van der Waals surface area contributed by atoms with Crippen LogP contribution in [-0.2, 0) is 6.42 Å². The molecule has 1 heterocycles. The number of pyridine rings is 1. The number of aryl methyl sites for hydroxylation is 1. The number of anilines is 1. The zero-order valence-corrected chi connectivity index (χ0v) is 13.2. The molecular weight excluding hydrogens is 326 g/mol. The van der Waals surface area contributed by atoms with Gasteiger partial charge in [0.15, 0.2) is 5.82 Å². The Labute approximate surface area is 125 Å². The number of aromatic nitrogens is 1. The van der Waals surface area contributed by atoms with Crippen LogP contribution in [0.1, 0.15) is 32.4 Å². The van der Waals surface area contributed by atoms with Gasteiger partial charge >= 0.3 is 0 Å². The van der Waals surface area contributed by atoms with Crippen molar-refractivity contribution in [2.24, 2.45) is 0 Å². The predicted molar refractivity (Wildman–Crippen MR) is 82.1 cm³/mol. The molecule has 1 aromatic heterocycles. The zero-order chi connectivity index (χ0) is 14.7. The highest BCUT2D eigenvalue weighted by atomic mass is 79.9. The minimum atomic E-state index is -0.627. The van der Waals surface area contributed by atoms with Gasteiger partial charge in [0.1, 0.15) is 11.3 Å². The van der Waals surface area contributed by atoms with Gasteiger partial charge in [-0.15, -0.1) is 0 Å². The summed E-state index contributed by atoms with van der Waals surface area (Å²) in [5.74, 6) is -1.24. The van der Waals surface area contributed by atoms with Crippen LogP contribution in [0.15, 0.2) is 16.6 Å². The van der Waals surface area contributed by atoms with Crippen LogP contribution in [-0.4, -0.2) is 11.5 Å². The maximum Gasteiger partial charge on any atom is 0.152 e. The topological polar surface area (TPSA) is 24.9 Å². The molecule has 0 aliphatic heterocycles. The summed E-state index contributed by atoms with van der Waals surface area (Å²) in [6.07, 6.45) is 2.63. The maximum absolute atomic E-state index is 14.0. The highest BCUT2D eigenvalue weighted by molar-refractivity contribution is 9.10. The van der Waals surface area contributed by atoms with Crippen molar-refractivity contribution in [2.75, 3.05) is 11.9 Å². The third kappa shape index (κ3) is 2.92. The van der Waals surface area contributed by atoms with Crippen molar-refractivity contribution in [1.82, 2.24) is 4.98 Å². The summed E-state index contributed by atoms with van der Waals surface area (Å²) >= 11 is 3.20. The molecule has 0 aliphatic carbocycles. The monoisotopic (exact) mass is 342 g/mol. The van der Waals surface area contributed by atoms with Crippen LogP contribution >= 0.6 is 15.9 Å². The minimum absolute atomic E-state index is 0.211. The molecule has 2 aromatic rings. The van der Waals surface area contributed by atoms with Gasteiger partial charge in [0.25, 0.3) is 0 Å². The molecule has 0 radical (unpaired) electrons. The second-order valence-corrected chi connectivity index (χ2v) is 5.51. The van der Waals surface area contributed by atoms with Crippen molar-refractivity contribution in [3.05, 3.63) is 33.9 Å². The molecule has 0 amide bonds. The second kappa shape index (κ2) is 6.48. The number of nitrogens with zero attached hydrogens (tertiary/aromatic N) is 1. The van der Waals surface area contributed by atoms with E-state index in [2.05, 4.69) is 26.2 Å². The third-order valence-electron chi connectivity index (χ3n) is 3.05. The van der Waals surface area contributed by atoms with E-state index in [0.717, 1.165) is 43.3 Å². The molecule has 2 rings (SSSR count). The van der Waals surface area contributed by atoms with Crippen molar-refractivity contribution >= 4 is 32.5 Å². The number of fused-ring (bicyclic) bond motifs is 1. The van der Waals surface area contributed by atoms with Gasteiger partial charge in [-0.05, 0) is 34.8 Å². The number of hydrogen-bond donors (Lipinski definition) is 1. The summed E-state index contributed by atoms with van der Waals surface area (Å²) in [6.45, 7) is 4.83. The Morgan fingerprint density at radius 2 is 1.90 bits per heavy atom. The quantitative estimate of drug-likeness (QED) is 0.769. The van der Waals surface area contributed by atoms with E-state index in [1.54, 1.807) is 0 Å². The highest BCUT2D eigenvalue weighted by Crippen LogP contribution is 2.34. The van der Waals surface area contributed by atoms with E-state index in [0.29, 0.717) is 5.39 Å². The summed E-state index contributed by atoms with van der Waals surface area (Å²) in [5, 5.41) is 3.70. The van der Waals surface area contributed by atoms with E-state index in [4.69, 9.17) is 0 Å². The molecular formula is C15H17BrF2N2. The van der Waals surface area contributed by atoms with E-state index in [9.17, 15) is 8.78 Å². The van der Waals surface area contributed by atoms with E-state index < -0.39 is 11.6 Å². The van der Waals surface area contributed by atoms with Crippen molar-refractivity contribution in [3.8, 4) is 0 Å². The molecule has 0 unspecified atom stereocenters. The van der Waals surface area contributed by atoms with Crippen molar-refractivity contribution < 1.29 is 8.78 Å². The Morgan fingerprint density at radius 1 is 1.15 bits per heavy atom. The summed E-state index contributed by atoms with van der Waals surface area (Å²) in [6, 6.07) is 2.75. The van der Waals surface area contributed by atoms with Crippen LogP contribution in [0.25, 0.3) is 10.9 Å². The fourth-order valence-electron chi connectivity index (χ4n) is 2.14. The molecule has 0 bridgehead atoms. The molecule has 20 heavy (non-hydrogen) atoms. The standard InChI is InChI=1S/C15H17BrF2N2/c1-3-5-9-7-12(19-6-4-2)13-14(16)10(17)8-11(18)15(13)20-9/h7-8H,3-6H2,1-2H3,(H,19,20). The Balaban J connectivity index is 2.70. The SMILES string of the molecule is CCCNc1cc(CCC)nc2c(F)cc(F)c(Br)c12. The molecule has 2 nitrogen and oxygen atoms in total. The van der Waals surface area contributed by atoms with Gasteiger partial charge in [0, 0.05) is 29.4 Å². The Bertz CT molecular complexity index is 629. The third-order valence-corrected chi connectivity index (χ3v) is 3.83. The number of nitrogens with one attached hydrogen (secondary N) is 1. The lowest BCUT2D eigenvalue weighted by molar-refractivity contribution is 0.586. The first-order valence-corrected chi connectivity index (χ1v) is 7.58. The predicted octanol–water partition coefficient (Wildman–Crippen LogP) is 5.05. The normalized spacial score (nSPS) is 11.1. The molecule has 0 saturated heterocycles. The van der Waals surface area contributed by atoms with Crippen molar-refractivity contribution in [1.29, 1.82) is 0 Å². The van der Waals surface area contributed by atoms with Crippen LogP contribution in [0.5, 0.6) is 0 Å². The fourth-order valence-corrected chi connectivity index (χ4v) is 2.65. The Kier molecular flexibility index (Phi) is 4.91. The first-order valence-electron chi connectivity index (χ1n) is 6.79. The van der Waals surface area contributed by atoms with Gasteiger partial charge in [0.05, 0.1) is 4.47 Å². The first-order chi connectivity index (χ1) is 9.58. The maximum atomic E-state index is 14.0. The Hall–Kier alpha value is -1.23. The van der Waals surface area contributed by atoms with Gasteiger partial charge in [-0.1, -0.05) is 20.3 Å². The smallest absolute Gasteiger partial charge is 0.152 e. The number of halogens is 3. The van der Waals surface area contributed by atoms with Gasteiger partial charge in [-0.25, -0.2) is 13.8 Å². The molecule has 0 aliphatic rings. The fraction of sp³-hybridized carbons (Fsp3) is 0.400. The average molecular weight is 343 g/mol. The largest absolute Gasteiger partial charge is 0.384 e. The van der Waals surface area contributed by atoms with E-state index in [1.165, 1.54) is 0 Å². The van der Waals surface area contributed by atoms with Gasteiger partial charge in [0.2, 0.25) is 0 Å². The van der Waals surface area contributed by atoms with Crippen LogP contribution < -0.4 is 5.32 Å². The van der Waals surface area contributed by atoms with Crippen molar-refractivity contribution in [2.45, 2.75) is 33.1 Å². The Morgan fingerprint density at radius 3 is 2.55 bits per heavy atom. The number of rotatable bonds is 5. The summed E-state index contributed by atoms with van der Waals surface area (Å²) in [5.41, 5.74) is 1.75. The lowest BCUT2D eigenvalue weighted by atomic mass is 10.1. The highest BCUT2D eigenvalue weighted by Gasteiger charge is 2.16. The number of hydrogen-bond acceptors (Lipinski definition) is 2. The van der Waals surface area contributed by atoms with Crippen molar-refractivity contribution in [3.63, 3.8) is 0 Å².